The third-order valence-corrected chi connectivity index (χ3v) is 1.83. The minimum absolute atomic E-state index is 0.670. The molecule has 0 unspecified atom stereocenters. The Morgan fingerprint density at radius 1 is 1.44 bits per heavy atom. The largest absolute Gasteiger partial charge is 0.312 e. The highest BCUT2D eigenvalue weighted by molar-refractivity contribution is 7.87. The van der Waals surface area contributed by atoms with Crippen LogP contribution in [0.3, 0.4) is 0 Å². The Kier molecular flexibility index (Phi) is 1.28. The fourth-order valence-electron chi connectivity index (χ4n) is 0.520. The van der Waals surface area contributed by atoms with Gasteiger partial charge >= 0.3 is 0 Å². The lowest BCUT2D eigenvalue weighted by Crippen LogP contribution is -2.46. The molecule has 0 heterocycles. The van der Waals surface area contributed by atoms with Crippen LogP contribution < -0.4 is 15.6 Å². The summed E-state index contributed by atoms with van der Waals surface area (Å²) in [4.78, 5) is 0. The van der Waals surface area contributed by atoms with Crippen LogP contribution in [0.5, 0.6) is 0 Å². The summed E-state index contributed by atoms with van der Waals surface area (Å²) in [6.07, 6.45) is 1.34. The van der Waals surface area contributed by atoms with Crippen molar-refractivity contribution in [1.29, 1.82) is 0 Å². The quantitative estimate of drug-likeness (QED) is 0.407. The van der Waals surface area contributed by atoms with Crippen LogP contribution in [0, 0.1) is 0 Å². The summed E-state index contributed by atoms with van der Waals surface area (Å²) in [6.45, 7) is 0. The molecule has 0 aromatic heterocycles. The highest BCUT2D eigenvalue weighted by Gasteiger charge is 2.40. The van der Waals surface area contributed by atoms with Crippen molar-refractivity contribution in [2.24, 2.45) is 10.9 Å². The zero-order valence-corrected chi connectivity index (χ0v) is 5.61. The lowest BCUT2D eigenvalue weighted by Gasteiger charge is -2.06. The third kappa shape index (κ3) is 2.27. The minimum Gasteiger partial charge on any atom is -0.312 e. The summed E-state index contributed by atoms with van der Waals surface area (Å²) in [7, 11) is -3.59. The summed E-state index contributed by atoms with van der Waals surface area (Å²) in [6, 6.07) is 0. The van der Waals surface area contributed by atoms with Gasteiger partial charge in [-0.15, -0.1) is 0 Å². The molecular weight excluding hydrogens is 142 g/mol. The SMILES string of the molecule is NC1(NS(N)(=O)=O)CC1. The lowest BCUT2D eigenvalue weighted by atomic mass is 10.6. The molecule has 0 spiro atoms. The molecule has 0 aromatic carbocycles. The standard InChI is InChI=1S/C3H9N3O2S/c4-3(1-2-3)6-9(5,7)8/h6H,1-2,4H2,(H2,5,7,8). The van der Waals surface area contributed by atoms with Crippen molar-refractivity contribution in [2.45, 2.75) is 18.5 Å². The van der Waals surface area contributed by atoms with Gasteiger partial charge in [-0.2, -0.15) is 13.1 Å². The van der Waals surface area contributed by atoms with E-state index >= 15 is 0 Å². The highest BCUT2D eigenvalue weighted by atomic mass is 32.2. The Bertz CT molecular complexity index is 205. The zero-order chi connectivity index (χ0) is 7.12. The van der Waals surface area contributed by atoms with E-state index in [1.807, 2.05) is 0 Å². The molecule has 0 saturated heterocycles. The smallest absolute Gasteiger partial charge is 0.275 e. The Labute approximate surface area is 53.6 Å². The molecule has 9 heavy (non-hydrogen) atoms. The predicted molar refractivity (Wildman–Crippen MR) is 32.4 cm³/mol. The average Bonchev–Trinajstić information content (AvgIpc) is 2.12. The van der Waals surface area contributed by atoms with Gasteiger partial charge in [0.1, 0.15) is 0 Å². The van der Waals surface area contributed by atoms with Gasteiger partial charge < -0.3 is 5.73 Å². The lowest BCUT2D eigenvalue weighted by molar-refractivity contribution is 0.551. The number of hydrogen-bond acceptors (Lipinski definition) is 3. The van der Waals surface area contributed by atoms with Crippen LogP contribution in [0.15, 0.2) is 0 Å². The van der Waals surface area contributed by atoms with E-state index in [4.69, 9.17) is 5.73 Å². The van der Waals surface area contributed by atoms with Crippen molar-refractivity contribution >= 4 is 10.2 Å². The van der Waals surface area contributed by atoms with Crippen LogP contribution in [-0.4, -0.2) is 14.1 Å². The maximum absolute atomic E-state index is 10.3. The van der Waals surface area contributed by atoms with E-state index in [0.29, 0.717) is 12.8 Å². The maximum atomic E-state index is 10.3. The zero-order valence-electron chi connectivity index (χ0n) is 4.79. The summed E-state index contributed by atoms with van der Waals surface area (Å²) in [5, 5.41) is 4.64. The Balaban J connectivity index is 2.53. The van der Waals surface area contributed by atoms with Crippen LogP contribution >= 0.6 is 0 Å². The van der Waals surface area contributed by atoms with Crippen molar-refractivity contribution < 1.29 is 8.42 Å². The van der Waals surface area contributed by atoms with Gasteiger partial charge in [0.15, 0.2) is 0 Å². The van der Waals surface area contributed by atoms with Gasteiger partial charge in [-0.3, -0.25) is 0 Å². The Morgan fingerprint density at radius 3 is 2.00 bits per heavy atom. The van der Waals surface area contributed by atoms with E-state index in [0.717, 1.165) is 0 Å². The van der Waals surface area contributed by atoms with E-state index in [-0.39, 0.29) is 0 Å². The second-order valence-electron chi connectivity index (χ2n) is 2.30. The number of rotatable bonds is 2. The van der Waals surface area contributed by atoms with E-state index in [1.54, 1.807) is 0 Å². The molecule has 5 nitrogen and oxygen atoms in total. The van der Waals surface area contributed by atoms with Gasteiger partial charge in [-0.25, -0.2) is 5.14 Å². The van der Waals surface area contributed by atoms with Crippen molar-refractivity contribution in [3.63, 3.8) is 0 Å². The normalized spacial score (nSPS) is 23.8. The second-order valence-corrected chi connectivity index (χ2v) is 3.60. The van der Waals surface area contributed by atoms with Gasteiger partial charge in [-0.1, -0.05) is 0 Å². The van der Waals surface area contributed by atoms with Crippen LogP contribution in [0.1, 0.15) is 12.8 Å². The van der Waals surface area contributed by atoms with Crippen molar-refractivity contribution in [1.82, 2.24) is 4.72 Å². The monoisotopic (exact) mass is 151 g/mol. The molecule has 5 N–H and O–H groups in total. The molecule has 1 saturated carbocycles. The molecule has 1 aliphatic rings. The summed E-state index contributed by atoms with van der Waals surface area (Å²) in [5.74, 6) is 0. The molecule has 0 radical (unpaired) electrons. The molecule has 0 bridgehead atoms. The fraction of sp³-hybridized carbons (Fsp3) is 1.00. The highest BCUT2D eigenvalue weighted by Crippen LogP contribution is 2.28. The molecule has 0 aromatic rings. The topological polar surface area (TPSA) is 98.2 Å². The van der Waals surface area contributed by atoms with Crippen molar-refractivity contribution in [3.8, 4) is 0 Å². The van der Waals surface area contributed by atoms with Gasteiger partial charge in [0.25, 0.3) is 10.2 Å². The predicted octanol–water partition coefficient (Wildman–Crippen LogP) is -1.77. The van der Waals surface area contributed by atoms with E-state index < -0.39 is 15.9 Å². The molecule has 54 valence electrons. The number of hydrogen-bond donors (Lipinski definition) is 3. The number of nitrogens with one attached hydrogen (secondary N) is 1. The molecule has 6 heteroatoms. The Hall–Kier alpha value is -0.170. The van der Waals surface area contributed by atoms with Gasteiger partial charge in [0.05, 0.1) is 5.66 Å². The molecule has 0 amide bonds. The van der Waals surface area contributed by atoms with Gasteiger partial charge in [0, 0.05) is 0 Å². The summed E-state index contributed by atoms with van der Waals surface area (Å²) >= 11 is 0. The molecular formula is C3H9N3O2S. The van der Waals surface area contributed by atoms with E-state index in [9.17, 15) is 8.42 Å². The van der Waals surface area contributed by atoms with Crippen LogP contribution in [-0.2, 0) is 10.2 Å². The van der Waals surface area contributed by atoms with Crippen LogP contribution in [0.4, 0.5) is 0 Å². The van der Waals surface area contributed by atoms with Gasteiger partial charge in [0.2, 0.25) is 0 Å². The van der Waals surface area contributed by atoms with Crippen LogP contribution in [0.2, 0.25) is 0 Å². The first-order chi connectivity index (χ1) is 3.91. The first-order valence-electron chi connectivity index (χ1n) is 2.52. The minimum atomic E-state index is -3.59. The molecule has 1 fully saturated rings. The average molecular weight is 151 g/mol. The summed E-state index contributed by atoms with van der Waals surface area (Å²) in [5.41, 5.74) is 4.63. The van der Waals surface area contributed by atoms with Crippen molar-refractivity contribution in [3.05, 3.63) is 0 Å². The van der Waals surface area contributed by atoms with Gasteiger partial charge in [-0.05, 0) is 12.8 Å². The third-order valence-electron chi connectivity index (χ3n) is 1.13. The van der Waals surface area contributed by atoms with Crippen LogP contribution in [0.25, 0.3) is 0 Å². The molecule has 1 rings (SSSR count). The first-order valence-corrected chi connectivity index (χ1v) is 4.07. The second kappa shape index (κ2) is 1.66. The molecule has 0 atom stereocenters. The summed E-state index contributed by atoms with van der Waals surface area (Å²) < 4.78 is 22.6. The Morgan fingerprint density at radius 2 is 1.89 bits per heavy atom. The molecule has 1 aliphatic carbocycles. The fourth-order valence-corrected chi connectivity index (χ4v) is 1.29. The van der Waals surface area contributed by atoms with Crippen molar-refractivity contribution in [2.75, 3.05) is 0 Å². The number of nitrogens with two attached hydrogens (primary N) is 2. The molecule has 0 aliphatic heterocycles. The van der Waals surface area contributed by atoms with E-state index in [1.165, 1.54) is 0 Å². The maximum Gasteiger partial charge on any atom is 0.275 e. The van der Waals surface area contributed by atoms with E-state index in [2.05, 4.69) is 9.86 Å². The first kappa shape index (κ1) is 6.94.